The second kappa shape index (κ2) is 5.42. The van der Waals surface area contributed by atoms with Crippen LogP contribution in [0.5, 0.6) is 0 Å². The number of aromatic nitrogens is 2. The van der Waals surface area contributed by atoms with Crippen molar-refractivity contribution < 1.29 is 14.4 Å². The second-order valence-corrected chi connectivity index (χ2v) is 6.09. The Morgan fingerprint density at radius 2 is 2.10 bits per heavy atom. The van der Waals surface area contributed by atoms with E-state index in [1.165, 1.54) is 6.07 Å². The van der Waals surface area contributed by atoms with Crippen molar-refractivity contribution in [2.75, 3.05) is 0 Å². The molecular weight excluding hydrogens is 297 g/mol. The van der Waals surface area contributed by atoms with Crippen molar-refractivity contribution in [2.45, 2.75) is 12.3 Å². The molecule has 1 atom stereocenters. The number of para-hydroxylation sites is 1. The highest BCUT2D eigenvalue weighted by atomic mass is 31.2. The lowest BCUT2D eigenvalue weighted by Gasteiger charge is -2.19. The zero-order chi connectivity index (χ0) is 15.8. The summed E-state index contributed by atoms with van der Waals surface area (Å²) in [5.74, 6) is -1.62. The lowest BCUT2D eigenvalue weighted by molar-refractivity contribution is 0.353. The van der Waals surface area contributed by atoms with Crippen molar-refractivity contribution in [3.63, 3.8) is 0 Å². The number of H-pyrrole nitrogens is 1. The van der Waals surface area contributed by atoms with Crippen LogP contribution in [0.2, 0.25) is 0 Å². The maximum Gasteiger partial charge on any atom is 0.352 e. The van der Waals surface area contributed by atoms with Gasteiger partial charge < -0.3 is 20.5 Å². The molecule has 0 fully saturated rings. The van der Waals surface area contributed by atoms with E-state index in [1.807, 2.05) is 0 Å². The summed E-state index contributed by atoms with van der Waals surface area (Å²) in [4.78, 5) is 44.9. The zero-order valence-electron chi connectivity index (χ0n) is 10.9. The van der Waals surface area contributed by atoms with Gasteiger partial charge in [-0.05, 0) is 11.6 Å². The third kappa shape index (κ3) is 2.62. The highest BCUT2D eigenvalue weighted by molar-refractivity contribution is 7.52. The topological polar surface area (TPSA) is 138 Å². The molecule has 0 aliphatic carbocycles. The van der Waals surface area contributed by atoms with E-state index in [4.69, 9.17) is 5.73 Å². The molecule has 5 N–H and O–H groups in total. The van der Waals surface area contributed by atoms with Crippen LogP contribution in [0.1, 0.15) is 11.3 Å². The summed E-state index contributed by atoms with van der Waals surface area (Å²) in [5, 5.41) is 0. The summed E-state index contributed by atoms with van der Waals surface area (Å²) in [6.07, 6.45) is 0.941. The molecular formula is C12H14N3O5P. The summed E-state index contributed by atoms with van der Waals surface area (Å²) < 4.78 is 12.3. The molecule has 2 rings (SSSR count). The largest absolute Gasteiger partial charge is 0.352 e. The molecule has 0 radical (unpaired) electrons. The minimum Gasteiger partial charge on any atom is -0.326 e. The van der Waals surface area contributed by atoms with Crippen molar-refractivity contribution in [2.24, 2.45) is 5.73 Å². The summed E-state index contributed by atoms with van der Waals surface area (Å²) in [6, 6.07) is 4.70. The first-order valence-corrected chi connectivity index (χ1v) is 7.63. The van der Waals surface area contributed by atoms with E-state index in [2.05, 4.69) is 11.6 Å². The van der Waals surface area contributed by atoms with Crippen LogP contribution in [0, 0.1) is 0 Å². The van der Waals surface area contributed by atoms with Crippen LogP contribution in [0.25, 0.3) is 11.0 Å². The van der Waals surface area contributed by atoms with Crippen LogP contribution in [0.3, 0.4) is 0 Å². The summed E-state index contributed by atoms with van der Waals surface area (Å²) in [5.41, 5.74) is 4.51. The van der Waals surface area contributed by atoms with E-state index in [0.29, 0.717) is 5.56 Å². The van der Waals surface area contributed by atoms with E-state index in [1.54, 1.807) is 12.1 Å². The van der Waals surface area contributed by atoms with Gasteiger partial charge in [-0.1, -0.05) is 18.2 Å². The van der Waals surface area contributed by atoms with Gasteiger partial charge >= 0.3 is 18.7 Å². The minimum atomic E-state index is -4.71. The molecule has 0 aliphatic rings. The molecule has 0 saturated heterocycles. The monoisotopic (exact) mass is 311 g/mol. The molecule has 1 aromatic carbocycles. The Labute approximate surface area is 118 Å². The Kier molecular flexibility index (Phi) is 3.97. The van der Waals surface area contributed by atoms with Crippen LogP contribution >= 0.6 is 7.60 Å². The molecule has 1 unspecified atom stereocenters. The lowest BCUT2D eigenvalue weighted by Crippen LogP contribution is -2.38. The molecule has 8 nitrogen and oxygen atoms in total. The number of hydrogen-bond acceptors (Lipinski definition) is 4. The number of aromatic amines is 1. The number of nitrogens with one attached hydrogen (secondary N) is 1. The van der Waals surface area contributed by atoms with Gasteiger partial charge in [-0.2, -0.15) is 0 Å². The van der Waals surface area contributed by atoms with Crippen LogP contribution in [-0.4, -0.2) is 19.3 Å². The predicted octanol–water partition coefficient (Wildman–Crippen LogP) is 0.0108. The first-order chi connectivity index (χ1) is 9.81. The van der Waals surface area contributed by atoms with E-state index in [0.717, 1.165) is 10.6 Å². The SMILES string of the molecule is C=CC(n1c(=O)c(=O)[nH]c2c(CN)cccc21)P(=O)(O)O. The van der Waals surface area contributed by atoms with Gasteiger partial charge in [-0.3, -0.25) is 18.7 Å². The van der Waals surface area contributed by atoms with E-state index >= 15 is 0 Å². The van der Waals surface area contributed by atoms with Crippen LogP contribution in [0.15, 0.2) is 40.4 Å². The minimum absolute atomic E-state index is 0.0974. The second-order valence-electron chi connectivity index (χ2n) is 4.38. The maximum absolute atomic E-state index is 12.0. The van der Waals surface area contributed by atoms with E-state index in [9.17, 15) is 23.9 Å². The molecule has 0 bridgehead atoms. The fourth-order valence-corrected chi connectivity index (χ4v) is 2.95. The zero-order valence-corrected chi connectivity index (χ0v) is 11.8. The smallest absolute Gasteiger partial charge is 0.326 e. The molecule has 1 aromatic heterocycles. The van der Waals surface area contributed by atoms with E-state index in [-0.39, 0.29) is 17.6 Å². The van der Waals surface area contributed by atoms with Crippen molar-refractivity contribution >= 4 is 18.6 Å². The van der Waals surface area contributed by atoms with E-state index < -0.39 is 24.5 Å². The van der Waals surface area contributed by atoms with Gasteiger partial charge in [0.2, 0.25) is 0 Å². The molecule has 21 heavy (non-hydrogen) atoms. The molecule has 0 saturated carbocycles. The van der Waals surface area contributed by atoms with Gasteiger partial charge in [0.1, 0.15) is 0 Å². The summed E-state index contributed by atoms with van der Waals surface area (Å²) in [6.45, 7) is 3.43. The molecule has 9 heteroatoms. The quantitative estimate of drug-likeness (QED) is 0.356. The predicted molar refractivity (Wildman–Crippen MR) is 78.0 cm³/mol. The van der Waals surface area contributed by atoms with Gasteiger partial charge in [-0.15, -0.1) is 6.58 Å². The highest BCUT2D eigenvalue weighted by Crippen LogP contribution is 2.49. The Bertz CT molecular complexity index is 863. The average molecular weight is 311 g/mol. The molecule has 0 aliphatic heterocycles. The number of benzene rings is 1. The molecule has 112 valence electrons. The van der Waals surface area contributed by atoms with Crippen molar-refractivity contribution in [1.29, 1.82) is 0 Å². The molecule has 0 spiro atoms. The van der Waals surface area contributed by atoms with Crippen LogP contribution in [-0.2, 0) is 11.1 Å². The fraction of sp³-hybridized carbons (Fsp3) is 0.167. The molecule has 0 amide bonds. The first kappa shape index (κ1) is 15.4. The lowest BCUT2D eigenvalue weighted by atomic mass is 10.1. The Morgan fingerprint density at radius 1 is 1.43 bits per heavy atom. The highest BCUT2D eigenvalue weighted by Gasteiger charge is 2.30. The number of hydrogen-bond donors (Lipinski definition) is 4. The fourth-order valence-electron chi connectivity index (χ4n) is 2.14. The summed E-state index contributed by atoms with van der Waals surface area (Å²) >= 11 is 0. The van der Waals surface area contributed by atoms with Crippen LogP contribution < -0.4 is 16.9 Å². The van der Waals surface area contributed by atoms with Gasteiger partial charge in [0, 0.05) is 6.54 Å². The van der Waals surface area contributed by atoms with Crippen molar-refractivity contribution in [3.8, 4) is 0 Å². The van der Waals surface area contributed by atoms with Gasteiger partial charge in [0.15, 0.2) is 5.78 Å². The number of nitrogens with zero attached hydrogens (tertiary/aromatic N) is 1. The van der Waals surface area contributed by atoms with Crippen molar-refractivity contribution in [1.82, 2.24) is 9.55 Å². The van der Waals surface area contributed by atoms with Gasteiger partial charge in [0.05, 0.1) is 11.0 Å². The third-order valence-corrected chi connectivity index (χ3v) is 4.21. The first-order valence-electron chi connectivity index (χ1n) is 5.95. The normalized spacial score (nSPS) is 13.3. The van der Waals surface area contributed by atoms with Crippen molar-refractivity contribution in [3.05, 3.63) is 57.1 Å². The van der Waals surface area contributed by atoms with Gasteiger partial charge in [0.25, 0.3) is 0 Å². The molecule has 1 heterocycles. The maximum atomic E-state index is 12.0. The standard InChI is InChI=1S/C12H14N3O5P/c1-2-9(21(18,19)20)15-8-5-3-4-7(6-13)10(8)14-11(16)12(15)17/h2-5,9H,1,6,13H2,(H,14,16)(H2,18,19,20). The van der Waals surface area contributed by atoms with Gasteiger partial charge in [-0.25, -0.2) is 0 Å². The van der Waals surface area contributed by atoms with Crippen LogP contribution in [0.4, 0.5) is 0 Å². The molecule has 2 aromatic rings. The number of fused-ring (bicyclic) bond motifs is 1. The average Bonchev–Trinajstić information content (AvgIpc) is 2.41. The number of allylic oxidation sites excluding steroid dienone is 1. The number of rotatable bonds is 4. The Morgan fingerprint density at radius 3 is 2.62 bits per heavy atom. The Hall–Kier alpha value is -1.99. The summed E-state index contributed by atoms with van der Waals surface area (Å²) in [7, 11) is -4.71. The third-order valence-electron chi connectivity index (χ3n) is 3.08. The Balaban J connectivity index is 3.01. The number of nitrogens with two attached hydrogens (primary N) is 1.